The normalized spacial score (nSPS) is 14.4. The zero-order chi connectivity index (χ0) is 20.8. The van der Waals surface area contributed by atoms with E-state index < -0.39 is 17.8 Å². The van der Waals surface area contributed by atoms with Crippen molar-refractivity contribution in [2.75, 3.05) is 45.1 Å². The maximum atomic E-state index is 12.2. The summed E-state index contributed by atoms with van der Waals surface area (Å²) in [6.07, 6.45) is 7.33. The summed E-state index contributed by atoms with van der Waals surface area (Å²) >= 11 is 5.48. The Balaban J connectivity index is 2.24. The first-order chi connectivity index (χ1) is 13.5. The lowest BCUT2D eigenvalue weighted by atomic mass is 10.1. The van der Waals surface area contributed by atoms with Crippen molar-refractivity contribution in [3.8, 4) is 0 Å². The number of hydrogen-bond acceptors (Lipinski definition) is 5. The monoisotopic (exact) mass is 417 g/mol. The molecule has 1 aliphatic heterocycles. The third-order valence-electron chi connectivity index (χ3n) is 4.69. The molecule has 1 fully saturated rings. The number of urea groups is 1. The topological polar surface area (TPSA) is 102 Å². The van der Waals surface area contributed by atoms with Gasteiger partial charge in [0.05, 0.1) is 11.8 Å². The number of nitrogens with one attached hydrogen (secondary N) is 1. The van der Waals surface area contributed by atoms with E-state index in [0.717, 1.165) is 12.8 Å². The fraction of sp³-hybridized carbons (Fsp3) is 0.833. The van der Waals surface area contributed by atoms with Crippen LogP contribution >= 0.6 is 11.6 Å². The van der Waals surface area contributed by atoms with Crippen LogP contribution in [0.15, 0.2) is 5.29 Å². The van der Waals surface area contributed by atoms with Crippen molar-refractivity contribution in [3.05, 3.63) is 4.91 Å². The number of halogens is 1. The van der Waals surface area contributed by atoms with Crippen LogP contribution in [0.1, 0.15) is 51.9 Å². The van der Waals surface area contributed by atoms with E-state index in [4.69, 9.17) is 11.6 Å². The van der Waals surface area contributed by atoms with Crippen LogP contribution in [-0.4, -0.2) is 77.8 Å². The summed E-state index contributed by atoms with van der Waals surface area (Å²) in [5.74, 6) is -0.817. The largest absolute Gasteiger partial charge is 0.340 e. The molecular formula is C18H32ClN5O4. The predicted octanol–water partition coefficient (Wildman–Crippen LogP) is 2.34. The Morgan fingerprint density at radius 3 is 2.18 bits per heavy atom. The highest BCUT2D eigenvalue weighted by molar-refractivity contribution is 6.35. The molecule has 0 radical (unpaired) electrons. The minimum Gasteiger partial charge on any atom is -0.336 e. The minimum atomic E-state index is -0.623. The number of carbonyl (C=O) groups excluding carboxylic acids is 3. The average molecular weight is 418 g/mol. The van der Waals surface area contributed by atoms with Gasteiger partial charge in [-0.15, -0.1) is 16.5 Å². The van der Waals surface area contributed by atoms with Gasteiger partial charge in [0.2, 0.25) is 0 Å². The van der Waals surface area contributed by atoms with Gasteiger partial charge in [-0.05, 0) is 12.8 Å². The number of nitrogens with zero attached hydrogens (tertiary/aromatic N) is 4. The Morgan fingerprint density at radius 2 is 1.61 bits per heavy atom. The molecule has 0 atom stereocenters. The summed E-state index contributed by atoms with van der Waals surface area (Å²) in [7, 11) is 0. The number of rotatable bonds is 14. The first-order valence-electron chi connectivity index (χ1n) is 10.1. The van der Waals surface area contributed by atoms with Gasteiger partial charge in [-0.2, -0.15) is 5.01 Å². The third-order valence-corrected chi connectivity index (χ3v) is 4.86. The third kappa shape index (κ3) is 8.41. The maximum Gasteiger partial charge on any atom is 0.340 e. The molecule has 9 nitrogen and oxygen atoms in total. The Bertz CT molecular complexity index is 520. The van der Waals surface area contributed by atoms with E-state index in [2.05, 4.69) is 17.5 Å². The quantitative estimate of drug-likeness (QED) is 0.154. The molecule has 1 aliphatic rings. The van der Waals surface area contributed by atoms with Crippen molar-refractivity contribution >= 4 is 29.4 Å². The van der Waals surface area contributed by atoms with Gasteiger partial charge in [-0.3, -0.25) is 9.59 Å². The number of hydrogen-bond donors (Lipinski definition) is 1. The Kier molecular flexibility index (Phi) is 12.2. The second kappa shape index (κ2) is 14.1. The summed E-state index contributed by atoms with van der Waals surface area (Å²) in [5.41, 5.74) is 0. The van der Waals surface area contributed by atoms with E-state index in [1.165, 1.54) is 30.6 Å². The van der Waals surface area contributed by atoms with Gasteiger partial charge in [0, 0.05) is 38.6 Å². The Labute approximate surface area is 171 Å². The van der Waals surface area contributed by atoms with Crippen LogP contribution in [0.2, 0.25) is 0 Å². The van der Waals surface area contributed by atoms with Gasteiger partial charge in [-0.25, -0.2) is 4.79 Å². The van der Waals surface area contributed by atoms with Gasteiger partial charge < -0.3 is 15.1 Å². The number of unbranched alkanes of at least 4 members (excludes halogenated alkanes) is 5. The summed E-state index contributed by atoms with van der Waals surface area (Å²) < 4.78 is 0. The van der Waals surface area contributed by atoms with E-state index in [9.17, 15) is 19.3 Å². The van der Waals surface area contributed by atoms with E-state index in [1.807, 2.05) is 0 Å². The molecule has 0 aromatic carbocycles. The average Bonchev–Trinajstić information content (AvgIpc) is 2.70. The molecule has 0 aromatic rings. The van der Waals surface area contributed by atoms with Gasteiger partial charge in [0.15, 0.2) is 0 Å². The van der Waals surface area contributed by atoms with Gasteiger partial charge in [0.1, 0.15) is 0 Å². The highest BCUT2D eigenvalue weighted by Crippen LogP contribution is 2.10. The van der Waals surface area contributed by atoms with Crippen LogP contribution in [0.25, 0.3) is 0 Å². The van der Waals surface area contributed by atoms with Gasteiger partial charge >= 0.3 is 17.8 Å². The Morgan fingerprint density at radius 1 is 1.04 bits per heavy atom. The van der Waals surface area contributed by atoms with E-state index in [0.29, 0.717) is 37.6 Å². The fourth-order valence-electron chi connectivity index (χ4n) is 3.04. The van der Waals surface area contributed by atoms with E-state index >= 15 is 0 Å². The second-order valence-electron chi connectivity index (χ2n) is 6.83. The van der Waals surface area contributed by atoms with Crippen LogP contribution in [0, 0.1) is 4.91 Å². The summed E-state index contributed by atoms with van der Waals surface area (Å²) in [4.78, 5) is 49.8. The molecule has 1 heterocycles. The van der Waals surface area contributed by atoms with Crippen molar-refractivity contribution in [1.82, 2.24) is 20.1 Å². The standard InChI is InChI=1S/C18H32ClN5O4/c1-2-3-4-5-6-7-11-22-14-15-23(17(26)16(22)25)12-8-10-20-18(27)24(21-28)13-9-19/h2-15H2,1H3,(H,20,27). The van der Waals surface area contributed by atoms with Crippen LogP contribution in [-0.2, 0) is 9.59 Å². The molecule has 1 rings (SSSR count). The van der Waals surface area contributed by atoms with Crippen molar-refractivity contribution in [2.45, 2.75) is 51.9 Å². The molecule has 0 unspecified atom stereocenters. The van der Waals surface area contributed by atoms with Crippen molar-refractivity contribution in [3.63, 3.8) is 0 Å². The molecule has 160 valence electrons. The number of piperazine rings is 1. The molecule has 1 N–H and O–H groups in total. The summed E-state index contributed by atoms with van der Waals surface area (Å²) in [6, 6.07) is -0.623. The molecule has 10 heteroatoms. The van der Waals surface area contributed by atoms with Gasteiger partial charge in [0.25, 0.3) is 0 Å². The van der Waals surface area contributed by atoms with Crippen LogP contribution < -0.4 is 5.32 Å². The molecule has 4 amide bonds. The molecule has 0 spiro atoms. The molecule has 0 aromatic heterocycles. The van der Waals surface area contributed by atoms with Gasteiger partial charge in [-0.1, -0.05) is 39.0 Å². The van der Waals surface area contributed by atoms with Crippen molar-refractivity contribution in [1.29, 1.82) is 0 Å². The van der Waals surface area contributed by atoms with Crippen LogP contribution in [0.4, 0.5) is 4.79 Å². The summed E-state index contributed by atoms with van der Waals surface area (Å²) in [6.45, 7) is 4.54. The Hall–Kier alpha value is -1.90. The highest BCUT2D eigenvalue weighted by Gasteiger charge is 2.31. The molecule has 28 heavy (non-hydrogen) atoms. The second-order valence-corrected chi connectivity index (χ2v) is 7.21. The molecule has 0 bridgehead atoms. The zero-order valence-electron chi connectivity index (χ0n) is 16.7. The lowest BCUT2D eigenvalue weighted by Gasteiger charge is -2.33. The molecule has 1 saturated heterocycles. The fourth-order valence-corrected chi connectivity index (χ4v) is 3.20. The van der Waals surface area contributed by atoms with Crippen LogP contribution in [0.5, 0.6) is 0 Å². The van der Waals surface area contributed by atoms with E-state index in [1.54, 1.807) is 4.90 Å². The number of nitroso groups, excluding NO2 is 1. The number of amides is 4. The zero-order valence-corrected chi connectivity index (χ0v) is 17.5. The number of alkyl halides is 1. The SMILES string of the molecule is CCCCCCCCN1CCN(CCCNC(=O)N(CCCl)N=O)C(=O)C1=O. The van der Waals surface area contributed by atoms with Crippen molar-refractivity contribution in [2.24, 2.45) is 5.29 Å². The first kappa shape index (κ1) is 24.1. The smallest absolute Gasteiger partial charge is 0.336 e. The lowest BCUT2D eigenvalue weighted by molar-refractivity contribution is -0.156. The number of carbonyl (C=O) groups is 3. The van der Waals surface area contributed by atoms with E-state index in [-0.39, 0.29) is 19.0 Å². The maximum absolute atomic E-state index is 12.2. The van der Waals surface area contributed by atoms with Crippen LogP contribution in [0.3, 0.4) is 0 Å². The first-order valence-corrected chi connectivity index (χ1v) is 10.6. The van der Waals surface area contributed by atoms with Crippen molar-refractivity contribution < 1.29 is 14.4 Å². The minimum absolute atomic E-state index is 0.0322. The molecule has 0 saturated carbocycles. The predicted molar refractivity (Wildman–Crippen MR) is 108 cm³/mol. The lowest BCUT2D eigenvalue weighted by Crippen LogP contribution is -2.54. The molecule has 0 aliphatic carbocycles. The molecular weight excluding hydrogens is 386 g/mol. The summed E-state index contributed by atoms with van der Waals surface area (Å²) in [5, 5.41) is 5.85. The highest BCUT2D eigenvalue weighted by atomic mass is 35.5.